The molecule has 0 spiro atoms. The number of piperidine rings is 1. The molecular weight excluding hydrogens is 229 g/mol. The summed E-state index contributed by atoms with van der Waals surface area (Å²) in [6.45, 7) is 4.47. The number of rotatable bonds is 0. The maximum Gasteiger partial charge on any atom is 0.0594 e. The first kappa shape index (κ1) is 12.8. The zero-order valence-corrected chi connectivity index (χ0v) is 10.5. The predicted molar refractivity (Wildman–Crippen MR) is 67.9 cm³/mol. The zero-order chi connectivity index (χ0) is 11.1. The van der Waals surface area contributed by atoms with Gasteiger partial charge in [0.25, 0.3) is 0 Å². The summed E-state index contributed by atoms with van der Waals surface area (Å²) in [4.78, 5) is 0. The molecule has 0 amide bonds. The molecule has 0 atom stereocenters. The lowest BCUT2D eigenvalue weighted by atomic mass is 10.2. The molecule has 0 saturated carbocycles. The van der Waals surface area contributed by atoms with Crippen LogP contribution in [0.15, 0.2) is 18.2 Å². The highest BCUT2D eigenvalue weighted by Crippen LogP contribution is 2.21. The third-order valence-corrected chi connectivity index (χ3v) is 3.02. The molecule has 0 bridgehead atoms. The molecule has 2 rings (SSSR count). The summed E-state index contributed by atoms with van der Waals surface area (Å²) in [6, 6.07) is 5.55. The van der Waals surface area contributed by atoms with E-state index in [0.29, 0.717) is 10.0 Å². The second-order valence-corrected chi connectivity index (χ2v) is 4.54. The molecule has 1 saturated heterocycles. The quantitative estimate of drug-likeness (QED) is 0.727. The topological polar surface area (TPSA) is 12.0 Å². The van der Waals surface area contributed by atoms with Gasteiger partial charge in [-0.25, -0.2) is 0 Å². The Morgan fingerprint density at radius 2 is 1.67 bits per heavy atom. The second-order valence-electron chi connectivity index (χ2n) is 3.73. The highest BCUT2D eigenvalue weighted by Gasteiger charge is 1.94. The fraction of sp³-hybridized carbons (Fsp3) is 0.500. The molecule has 1 aromatic rings. The van der Waals surface area contributed by atoms with Crippen molar-refractivity contribution in [3.63, 3.8) is 0 Å². The maximum atomic E-state index is 5.68. The van der Waals surface area contributed by atoms with Gasteiger partial charge >= 0.3 is 0 Å². The average Bonchev–Trinajstić information content (AvgIpc) is 2.27. The van der Waals surface area contributed by atoms with E-state index in [0.717, 1.165) is 5.56 Å². The summed E-state index contributed by atoms with van der Waals surface area (Å²) in [7, 11) is 0. The summed E-state index contributed by atoms with van der Waals surface area (Å²) in [5.74, 6) is 0. The largest absolute Gasteiger partial charge is 0.317 e. The average molecular weight is 246 g/mol. The first-order chi connectivity index (χ1) is 7.20. The predicted octanol–water partition coefficient (Wildman–Crippen LogP) is 4.06. The van der Waals surface area contributed by atoms with Crippen LogP contribution in [0.2, 0.25) is 10.0 Å². The van der Waals surface area contributed by atoms with Crippen molar-refractivity contribution in [2.24, 2.45) is 0 Å². The lowest BCUT2D eigenvalue weighted by Crippen LogP contribution is -2.21. The van der Waals surface area contributed by atoms with Gasteiger partial charge in [0.2, 0.25) is 0 Å². The molecule has 1 aliphatic heterocycles. The van der Waals surface area contributed by atoms with E-state index >= 15 is 0 Å². The monoisotopic (exact) mass is 245 g/mol. The standard InChI is InChI=1S/C7H6Cl2.C5H11N/c1-5-2-3-6(8)7(9)4-5;1-2-4-6-5-3-1/h2-4H,1H3;6H,1-5H2. The van der Waals surface area contributed by atoms with E-state index in [1.807, 2.05) is 19.1 Å². The Balaban J connectivity index is 0.000000162. The summed E-state index contributed by atoms with van der Waals surface area (Å²) >= 11 is 11.3. The maximum absolute atomic E-state index is 5.68. The van der Waals surface area contributed by atoms with Crippen LogP contribution in [0.25, 0.3) is 0 Å². The highest BCUT2D eigenvalue weighted by molar-refractivity contribution is 6.41. The molecule has 1 aromatic carbocycles. The number of nitrogens with one attached hydrogen (secondary N) is 1. The number of halogens is 2. The van der Waals surface area contributed by atoms with Gasteiger partial charge in [-0.05, 0) is 50.6 Å². The Hall–Kier alpha value is -0.240. The molecule has 1 nitrogen and oxygen atoms in total. The van der Waals surface area contributed by atoms with Gasteiger partial charge in [0.15, 0.2) is 0 Å². The smallest absolute Gasteiger partial charge is 0.0594 e. The minimum Gasteiger partial charge on any atom is -0.317 e. The number of aryl methyl sites for hydroxylation is 1. The zero-order valence-electron chi connectivity index (χ0n) is 9.02. The van der Waals surface area contributed by atoms with Crippen molar-refractivity contribution >= 4 is 23.2 Å². The summed E-state index contributed by atoms with van der Waals surface area (Å²) < 4.78 is 0. The molecule has 1 fully saturated rings. The van der Waals surface area contributed by atoms with Gasteiger partial charge in [0.05, 0.1) is 10.0 Å². The lowest BCUT2D eigenvalue weighted by Gasteiger charge is -2.08. The molecule has 0 aliphatic carbocycles. The highest BCUT2D eigenvalue weighted by atomic mass is 35.5. The van der Waals surface area contributed by atoms with Gasteiger partial charge < -0.3 is 5.32 Å². The lowest BCUT2D eigenvalue weighted by molar-refractivity contribution is 0.520. The van der Waals surface area contributed by atoms with Crippen molar-refractivity contribution in [2.45, 2.75) is 26.2 Å². The van der Waals surface area contributed by atoms with Crippen LogP contribution in [0.5, 0.6) is 0 Å². The molecule has 15 heavy (non-hydrogen) atoms. The molecule has 1 heterocycles. The van der Waals surface area contributed by atoms with Gasteiger partial charge in [-0.3, -0.25) is 0 Å². The number of benzene rings is 1. The minimum atomic E-state index is 0.613. The van der Waals surface area contributed by atoms with Gasteiger partial charge in [0, 0.05) is 0 Å². The Kier molecular flexibility index (Phi) is 6.07. The van der Waals surface area contributed by atoms with E-state index in [-0.39, 0.29) is 0 Å². The van der Waals surface area contributed by atoms with Crippen LogP contribution in [0.4, 0.5) is 0 Å². The summed E-state index contributed by atoms with van der Waals surface area (Å²) in [6.07, 6.45) is 4.22. The Labute approximate surface area is 102 Å². The fourth-order valence-corrected chi connectivity index (χ4v) is 1.76. The van der Waals surface area contributed by atoms with Crippen LogP contribution in [0, 0.1) is 6.92 Å². The van der Waals surface area contributed by atoms with Crippen molar-refractivity contribution in [3.8, 4) is 0 Å². The second kappa shape index (κ2) is 7.10. The molecule has 0 radical (unpaired) electrons. The molecule has 84 valence electrons. The van der Waals surface area contributed by atoms with Gasteiger partial charge in [0.1, 0.15) is 0 Å². The molecule has 0 aromatic heterocycles. The SMILES string of the molecule is C1CCNCC1.Cc1ccc(Cl)c(Cl)c1. The van der Waals surface area contributed by atoms with E-state index in [2.05, 4.69) is 5.32 Å². The first-order valence-corrected chi connectivity index (χ1v) is 6.08. The van der Waals surface area contributed by atoms with Crippen LogP contribution in [-0.2, 0) is 0 Å². The molecule has 3 heteroatoms. The summed E-state index contributed by atoms with van der Waals surface area (Å²) in [5, 5.41) is 4.52. The number of hydrogen-bond donors (Lipinski definition) is 1. The van der Waals surface area contributed by atoms with Crippen LogP contribution in [0.3, 0.4) is 0 Å². The van der Waals surface area contributed by atoms with E-state index in [1.165, 1.54) is 32.4 Å². The van der Waals surface area contributed by atoms with Gasteiger partial charge in [-0.2, -0.15) is 0 Å². The summed E-state index contributed by atoms with van der Waals surface area (Å²) in [5.41, 5.74) is 1.13. The van der Waals surface area contributed by atoms with Crippen molar-refractivity contribution in [1.82, 2.24) is 5.32 Å². The first-order valence-electron chi connectivity index (χ1n) is 5.32. The van der Waals surface area contributed by atoms with E-state index in [9.17, 15) is 0 Å². The van der Waals surface area contributed by atoms with Gasteiger partial charge in [-0.15, -0.1) is 0 Å². The van der Waals surface area contributed by atoms with Crippen molar-refractivity contribution in [2.75, 3.05) is 13.1 Å². The molecule has 1 N–H and O–H groups in total. The molecule has 0 unspecified atom stereocenters. The normalized spacial score (nSPS) is 15.4. The number of hydrogen-bond acceptors (Lipinski definition) is 1. The van der Waals surface area contributed by atoms with E-state index < -0.39 is 0 Å². The fourth-order valence-electron chi connectivity index (χ4n) is 1.40. The van der Waals surface area contributed by atoms with Crippen molar-refractivity contribution < 1.29 is 0 Å². The van der Waals surface area contributed by atoms with Crippen LogP contribution in [-0.4, -0.2) is 13.1 Å². The third kappa shape index (κ3) is 5.41. The minimum absolute atomic E-state index is 0.613. The molecule has 1 aliphatic rings. The third-order valence-electron chi connectivity index (χ3n) is 2.28. The van der Waals surface area contributed by atoms with Gasteiger partial charge in [-0.1, -0.05) is 35.7 Å². The molecular formula is C12H17Cl2N. The van der Waals surface area contributed by atoms with Crippen molar-refractivity contribution in [1.29, 1.82) is 0 Å². The van der Waals surface area contributed by atoms with Crippen LogP contribution in [0.1, 0.15) is 24.8 Å². The van der Waals surface area contributed by atoms with Crippen LogP contribution >= 0.6 is 23.2 Å². The Bertz CT molecular complexity index is 284. The Morgan fingerprint density at radius 3 is 2.00 bits per heavy atom. The Morgan fingerprint density at radius 1 is 1.00 bits per heavy atom. The van der Waals surface area contributed by atoms with Crippen molar-refractivity contribution in [3.05, 3.63) is 33.8 Å². The van der Waals surface area contributed by atoms with Crippen LogP contribution < -0.4 is 5.32 Å². The van der Waals surface area contributed by atoms with E-state index in [1.54, 1.807) is 6.07 Å². The van der Waals surface area contributed by atoms with E-state index in [4.69, 9.17) is 23.2 Å².